The maximum absolute atomic E-state index is 12.4. The average Bonchev–Trinajstić information content (AvgIpc) is 2.83. The number of para-hydroxylation sites is 1. The van der Waals surface area contributed by atoms with Gasteiger partial charge in [0.15, 0.2) is 0 Å². The first-order valence-corrected chi connectivity index (χ1v) is 6.34. The van der Waals surface area contributed by atoms with E-state index in [0.717, 1.165) is 0 Å². The number of hydrogen-bond donors (Lipinski definition) is 1. The van der Waals surface area contributed by atoms with E-state index in [9.17, 15) is 9.59 Å². The Labute approximate surface area is 143 Å². The summed E-state index contributed by atoms with van der Waals surface area (Å²) in [6.07, 6.45) is 1.75. The fourth-order valence-corrected chi connectivity index (χ4v) is 2.68. The normalized spacial score (nSPS) is 10.2. The van der Waals surface area contributed by atoms with Gasteiger partial charge in [0.05, 0.1) is 10.7 Å². The van der Waals surface area contributed by atoms with Crippen molar-refractivity contribution in [3.8, 4) is 5.69 Å². The minimum atomic E-state index is -0.334. The molecule has 0 bridgehead atoms. The number of thiophene rings is 1. The van der Waals surface area contributed by atoms with Crippen molar-refractivity contribution in [2.45, 2.75) is 0 Å². The minimum Gasteiger partial charge on any atom is -0.417 e. The number of nitrogens with zero attached hydrogens (tertiary/aromatic N) is 2. The molecule has 0 atom stereocenters. The van der Waals surface area contributed by atoms with Gasteiger partial charge >= 0.3 is 0 Å². The van der Waals surface area contributed by atoms with Crippen LogP contribution in [0.5, 0.6) is 0 Å². The summed E-state index contributed by atoms with van der Waals surface area (Å²) < 4.78 is 1.17. The zero-order valence-electron chi connectivity index (χ0n) is 10.2. The molecule has 3 aromatic rings. The van der Waals surface area contributed by atoms with Gasteiger partial charge in [-0.3, -0.25) is 4.79 Å². The number of hydrogen-bond acceptors (Lipinski definition) is 5. The molecule has 1 radical (unpaired) electrons. The molecule has 0 amide bonds. The van der Waals surface area contributed by atoms with Gasteiger partial charge in [0.1, 0.15) is 0 Å². The molecule has 2 heterocycles. The van der Waals surface area contributed by atoms with Crippen molar-refractivity contribution >= 4 is 33.4 Å². The van der Waals surface area contributed by atoms with Crippen LogP contribution in [0.3, 0.4) is 0 Å². The topological polar surface area (TPSA) is 78.0 Å². The third-order valence-corrected chi connectivity index (χ3v) is 3.59. The number of fused-ring (bicyclic) bond motifs is 1. The van der Waals surface area contributed by atoms with Crippen LogP contribution in [0.1, 0.15) is 5.69 Å². The molecule has 0 saturated heterocycles. The Morgan fingerprint density at radius 1 is 1.25 bits per heavy atom. The molecular weight excluding hydrogens is 351 g/mol. The number of rotatable bonds is 2. The van der Waals surface area contributed by atoms with Gasteiger partial charge < -0.3 is 10.5 Å². The maximum Gasteiger partial charge on any atom is 0.264 e. The van der Waals surface area contributed by atoms with E-state index in [0.29, 0.717) is 21.5 Å². The van der Waals surface area contributed by atoms with Gasteiger partial charge in [0.25, 0.3) is 5.56 Å². The van der Waals surface area contributed by atoms with E-state index < -0.39 is 0 Å². The quantitative estimate of drug-likeness (QED) is 0.704. The summed E-state index contributed by atoms with van der Waals surface area (Å²) in [6, 6.07) is 8.87. The summed E-state index contributed by atoms with van der Waals surface area (Å²) in [4.78, 5) is 23.4. The number of benzene rings is 1. The molecule has 0 saturated carbocycles. The molecule has 5 nitrogen and oxygen atoms in total. The zero-order valence-corrected chi connectivity index (χ0v) is 13.9. The smallest absolute Gasteiger partial charge is 0.264 e. The molecule has 20 heavy (non-hydrogen) atoms. The van der Waals surface area contributed by atoms with Crippen LogP contribution in [0.15, 0.2) is 40.5 Å². The first-order chi connectivity index (χ1) is 9.22. The Kier molecular flexibility index (Phi) is 4.47. The van der Waals surface area contributed by atoms with E-state index in [4.69, 9.17) is 5.73 Å². The standard InChI is InChI=1S/C13H8N3O2S.Y/c14-12-11-9(7-19-12)10(6-17)15-16(13(11)18)8-4-2-1-3-5-8;/h1-5,7H,14H2;/q-1;. The van der Waals surface area contributed by atoms with Crippen LogP contribution >= 0.6 is 11.3 Å². The second-order valence-corrected chi connectivity index (χ2v) is 4.80. The van der Waals surface area contributed by atoms with Crippen LogP contribution in [0.25, 0.3) is 16.5 Å². The maximum atomic E-state index is 12.4. The van der Waals surface area contributed by atoms with Gasteiger partial charge in [-0.2, -0.15) is 0 Å². The molecule has 0 unspecified atom stereocenters. The van der Waals surface area contributed by atoms with E-state index >= 15 is 0 Å². The SMILES string of the molecule is Nc1scc2c([C-]=O)nn(-c3ccccc3)c(=O)c12.[Y]. The Bertz CT molecular complexity index is 827. The monoisotopic (exact) mass is 359 g/mol. The van der Waals surface area contributed by atoms with Crippen molar-refractivity contribution in [2.24, 2.45) is 0 Å². The van der Waals surface area contributed by atoms with Crippen LogP contribution in [0.4, 0.5) is 5.00 Å². The molecule has 7 heteroatoms. The Morgan fingerprint density at radius 2 is 1.95 bits per heavy atom. The fraction of sp³-hybridized carbons (Fsp3) is 0. The van der Waals surface area contributed by atoms with Crippen molar-refractivity contribution in [2.75, 3.05) is 5.73 Å². The molecule has 2 N–H and O–H groups in total. The van der Waals surface area contributed by atoms with Crippen molar-refractivity contribution < 1.29 is 37.5 Å². The Morgan fingerprint density at radius 3 is 2.60 bits per heavy atom. The van der Waals surface area contributed by atoms with Crippen LogP contribution in [-0.4, -0.2) is 16.1 Å². The minimum absolute atomic E-state index is 0. The van der Waals surface area contributed by atoms with Gasteiger partial charge in [0.2, 0.25) is 0 Å². The molecular formula is C13H8N3O2SY-. The van der Waals surface area contributed by atoms with Crippen molar-refractivity contribution in [3.05, 3.63) is 51.8 Å². The van der Waals surface area contributed by atoms with Crippen LogP contribution in [0.2, 0.25) is 0 Å². The van der Waals surface area contributed by atoms with E-state index in [-0.39, 0.29) is 44.0 Å². The number of carbonyl (C=O) groups excluding carboxylic acids is 1. The van der Waals surface area contributed by atoms with Gasteiger partial charge in [-0.15, -0.1) is 16.7 Å². The zero-order chi connectivity index (χ0) is 13.4. The summed E-state index contributed by atoms with van der Waals surface area (Å²) in [6.45, 7) is 0. The molecule has 0 fully saturated rings. The number of anilines is 1. The Hall–Kier alpha value is -1.37. The van der Waals surface area contributed by atoms with Crippen molar-refractivity contribution in [3.63, 3.8) is 0 Å². The second kappa shape index (κ2) is 5.95. The van der Waals surface area contributed by atoms with Crippen LogP contribution in [0, 0.1) is 0 Å². The predicted octanol–water partition coefficient (Wildman–Crippen LogP) is 1.48. The second-order valence-electron chi connectivity index (χ2n) is 3.89. The molecule has 0 aliphatic carbocycles. The third kappa shape index (κ3) is 2.35. The van der Waals surface area contributed by atoms with E-state index in [1.54, 1.807) is 35.9 Å². The fourth-order valence-electron chi connectivity index (χ4n) is 1.89. The summed E-state index contributed by atoms with van der Waals surface area (Å²) in [5.74, 6) is 0. The van der Waals surface area contributed by atoms with Crippen LogP contribution in [-0.2, 0) is 37.5 Å². The predicted molar refractivity (Wildman–Crippen MR) is 74.4 cm³/mol. The molecule has 2 aromatic heterocycles. The van der Waals surface area contributed by atoms with Gasteiger partial charge in [0, 0.05) is 44.4 Å². The summed E-state index contributed by atoms with van der Waals surface area (Å²) in [7, 11) is 0. The number of aromatic nitrogens is 2. The molecule has 1 aromatic carbocycles. The Balaban J connectivity index is 0.00000147. The number of nitrogens with two attached hydrogens (primary N) is 1. The van der Waals surface area contributed by atoms with Gasteiger partial charge in [-0.05, 0) is 17.8 Å². The summed E-state index contributed by atoms with van der Waals surface area (Å²) in [5, 5.41) is 6.83. The van der Waals surface area contributed by atoms with Gasteiger partial charge in [-0.25, -0.2) is 9.78 Å². The van der Waals surface area contributed by atoms with Crippen LogP contribution < -0.4 is 11.3 Å². The van der Waals surface area contributed by atoms with E-state index in [2.05, 4.69) is 5.10 Å². The third-order valence-electron chi connectivity index (χ3n) is 2.78. The molecule has 3 rings (SSSR count). The largest absolute Gasteiger partial charge is 0.417 e. The summed E-state index contributed by atoms with van der Waals surface area (Å²) >= 11 is 1.21. The summed E-state index contributed by atoms with van der Waals surface area (Å²) in [5.41, 5.74) is 6.13. The van der Waals surface area contributed by atoms with Crippen molar-refractivity contribution in [1.29, 1.82) is 0 Å². The van der Waals surface area contributed by atoms with E-state index in [1.807, 2.05) is 6.07 Å². The first-order valence-electron chi connectivity index (χ1n) is 5.46. The number of nitrogen functional groups attached to an aromatic ring is 1. The molecule has 0 spiro atoms. The molecule has 0 aliphatic heterocycles. The van der Waals surface area contributed by atoms with Crippen molar-refractivity contribution in [1.82, 2.24) is 9.78 Å². The molecule has 0 aliphatic rings. The first kappa shape index (κ1) is 15.0. The average molecular weight is 359 g/mol. The van der Waals surface area contributed by atoms with E-state index in [1.165, 1.54) is 16.0 Å². The molecule has 97 valence electrons. The van der Waals surface area contributed by atoms with Gasteiger partial charge in [-0.1, -0.05) is 23.6 Å².